The van der Waals surface area contributed by atoms with Gasteiger partial charge in [0, 0.05) is 6.54 Å². The number of amides is 1. The summed E-state index contributed by atoms with van der Waals surface area (Å²) in [6, 6.07) is 1.70. The van der Waals surface area contributed by atoms with Crippen molar-refractivity contribution >= 4 is 17.2 Å². The summed E-state index contributed by atoms with van der Waals surface area (Å²) in [6.07, 6.45) is -6.58. The first kappa shape index (κ1) is 15.9. The van der Waals surface area contributed by atoms with Gasteiger partial charge in [-0.05, 0) is 29.3 Å². The van der Waals surface area contributed by atoms with Gasteiger partial charge in [0.05, 0.1) is 6.10 Å². The Kier molecular flexibility index (Phi) is 5.77. The van der Waals surface area contributed by atoms with E-state index in [2.05, 4.69) is 10.1 Å². The lowest BCUT2D eigenvalue weighted by atomic mass is 10.2. The third kappa shape index (κ3) is 6.04. The molecule has 1 heterocycles. The fourth-order valence-electron chi connectivity index (χ4n) is 1.22. The van der Waals surface area contributed by atoms with Crippen molar-refractivity contribution in [2.45, 2.75) is 25.3 Å². The van der Waals surface area contributed by atoms with Gasteiger partial charge in [-0.15, -0.1) is 0 Å². The van der Waals surface area contributed by atoms with Gasteiger partial charge in [-0.25, -0.2) is 0 Å². The SMILES string of the molecule is CC(OCC(F)(F)F)C(=O)NCC(O)c1ccsc1. The predicted octanol–water partition coefficient (Wildman–Crippen LogP) is 1.87. The molecule has 0 saturated heterocycles. The zero-order valence-electron chi connectivity index (χ0n) is 10.1. The molecule has 0 bridgehead atoms. The molecule has 0 aliphatic carbocycles. The third-order valence-electron chi connectivity index (χ3n) is 2.26. The summed E-state index contributed by atoms with van der Waals surface area (Å²) in [7, 11) is 0. The van der Waals surface area contributed by atoms with E-state index in [9.17, 15) is 23.1 Å². The minimum Gasteiger partial charge on any atom is -0.387 e. The van der Waals surface area contributed by atoms with Crippen LogP contribution in [0.15, 0.2) is 16.8 Å². The van der Waals surface area contributed by atoms with Crippen LogP contribution in [-0.2, 0) is 9.53 Å². The second kappa shape index (κ2) is 6.88. The highest BCUT2D eigenvalue weighted by Gasteiger charge is 2.29. The third-order valence-corrected chi connectivity index (χ3v) is 2.97. The first-order valence-corrected chi connectivity index (χ1v) is 6.40. The molecule has 1 aromatic rings. The number of rotatable bonds is 6. The van der Waals surface area contributed by atoms with Crippen LogP contribution in [0.2, 0.25) is 0 Å². The van der Waals surface area contributed by atoms with Crippen molar-refractivity contribution in [1.29, 1.82) is 0 Å². The molecule has 4 nitrogen and oxygen atoms in total. The molecule has 1 rings (SSSR count). The first-order chi connectivity index (χ1) is 8.79. The molecule has 0 radical (unpaired) electrons. The van der Waals surface area contributed by atoms with Crippen LogP contribution in [0.25, 0.3) is 0 Å². The Morgan fingerprint density at radius 2 is 2.26 bits per heavy atom. The average Bonchev–Trinajstić information content (AvgIpc) is 2.85. The summed E-state index contributed by atoms with van der Waals surface area (Å²) < 4.78 is 40.0. The highest BCUT2D eigenvalue weighted by Crippen LogP contribution is 2.16. The fourth-order valence-corrected chi connectivity index (χ4v) is 1.93. The average molecular weight is 297 g/mol. The quantitative estimate of drug-likeness (QED) is 0.842. The number of nitrogens with one attached hydrogen (secondary N) is 1. The molecule has 2 atom stereocenters. The number of hydrogen-bond donors (Lipinski definition) is 2. The molecular formula is C11H14F3NO3S. The summed E-state index contributed by atoms with van der Waals surface area (Å²) in [5, 5.41) is 15.5. The minimum atomic E-state index is -4.47. The van der Waals surface area contributed by atoms with Gasteiger partial charge < -0.3 is 15.2 Å². The zero-order valence-corrected chi connectivity index (χ0v) is 10.9. The number of ether oxygens (including phenoxy) is 1. The van der Waals surface area contributed by atoms with E-state index in [1.165, 1.54) is 18.3 Å². The molecule has 2 unspecified atom stereocenters. The van der Waals surface area contributed by atoms with Crippen LogP contribution in [0.3, 0.4) is 0 Å². The Hall–Kier alpha value is -1.12. The lowest BCUT2D eigenvalue weighted by Gasteiger charge is -2.16. The molecule has 1 amide bonds. The van der Waals surface area contributed by atoms with Crippen LogP contribution in [-0.4, -0.2) is 36.4 Å². The summed E-state index contributed by atoms with van der Waals surface area (Å²) in [5.74, 6) is -0.696. The van der Waals surface area contributed by atoms with E-state index in [1.807, 2.05) is 0 Å². The van der Waals surface area contributed by atoms with Crippen LogP contribution in [0.4, 0.5) is 13.2 Å². The lowest BCUT2D eigenvalue weighted by Crippen LogP contribution is -2.38. The summed E-state index contributed by atoms with van der Waals surface area (Å²) in [5.41, 5.74) is 0.647. The van der Waals surface area contributed by atoms with E-state index in [1.54, 1.807) is 16.8 Å². The van der Waals surface area contributed by atoms with E-state index < -0.39 is 30.9 Å². The largest absolute Gasteiger partial charge is 0.411 e. The normalized spacial score (nSPS) is 15.0. The Labute approximate surface area is 112 Å². The maximum Gasteiger partial charge on any atom is 0.411 e. The number of aliphatic hydroxyl groups is 1. The van der Waals surface area contributed by atoms with Crippen LogP contribution in [0, 0.1) is 0 Å². The van der Waals surface area contributed by atoms with Gasteiger partial charge >= 0.3 is 6.18 Å². The van der Waals surface area contributed by atoms with Gasteiger partial charge in [-0.3, -0.25) is 4.79 Å². The van der Waals surface area contributed by atoms with Crippen molar-refractivity contribution in [2.24, 2.45) is 0 Å². The molecule has 0 spiro atoms. The number of carbonyl (C=O) groups excluding carboxylic acids is 1. The number of aliphatic hydroxyl groups excluding tert-OH is 1. The fraction of sp³-hybridized carbons (Fsp3) is 0.545. The topological polar surface area (TPSA) is 58.6 Å². The van der Waals surface area contributed by atoms with Crippen molar-refractivity contribution in [2.75, 3.05) is 13.2 Å². The van der Waals surface area contributed by atoms with Crippen molar-refractivity contribution in [1.82, 2.24) is 5.32 Å². The van der Waals surface area contributed by atoms with Crippen molar-refractivity contribution in [3.05, 3.63) is 22.4 Å². The number of hydrogen-bond acceptors (Lipinski definition) is 4. The number of carbonyl (C=O) groups is 1. The maximum absolute atomic E-state index is 11.9. The molecule has 8 heteroatoms. The van der Waals surface area contributed by atoms with E-state index >= 15 is 0 Å². The van der Waals surface area contributed by atoms with Crippen LogP contribution in [0.1, 0.15) is 18.6 Å². The Balaban J connectivity index is 2.30. The van der Waals surface area contributed by atoms with Crippen molar-refractivity contribution in [3.8, 4) is 0 Å². The van der Waals surface area contributed by atoms with E-state index in [0.29, 0.717) is 5.56 Å². The van der Waals surface area contributed by atoms with E-state index in [-0.39, 0.29) is 6.54 Å². The van der Waals surface area contributed by atoms with Gasteiger partial charge in [0.2, 0.25) is 5.91 Å². The van der Waals surface area contributed by atoms with Gasteiger partial charge in [0.25, 0.3) is 0 Å². The molecule has 0 saturated carbocycles. The predicted molar refractivity (Wildman–Crippen MR) is 63.8 cm³/mol. The molecule has 1 aromatic heterocycles. The molecule has 108 valence electrons. The molecule has 0 aliphatic heterocycles. The molecule has 0 fully saturated rings. The molecule has 19 heavy (non-hydrogen) atoms. The Morgan fingerprint density at radius 3 is 2.79 bits per heavy atom. The highest BCUT2D eigenvalue weighted by atomic mass is 32.1. The van der Waals surface area contributed by atoms with E-state index in [4.69, 9.17) is 0 Å². The van der Waals surface area contributed by atoms with Crippen LogP contribution < -0.4 is 5.32 Å². The van der Waals surface area contributed by atoms with Crippen LogP contribution in [0.5, 0.6) is 0 Å². The minimum absolute atomic E-state index is 0.0741. The first-order valence-electron chi connectivity index (χ1n) is 5.46. The van der Waals surface area contributed by atoms with Gasteiger partial charge in [-0.2, -0.15) is 24.5 Å². The Morgan fingerprint density at radius 1 is 1.58 bits per heavy atom. The lowest BCUT2D eigenvalue weighted by molar-refractivity contribution is -0.185. The maximum atomic E-state index is 11.9. The van der Waals surface area contributed by atoms with Crippen LogP contribution >= 0.6 is 11.3 Å². The molecule has 0 aliphatic rings. The molecule has 2 N–H and O–H groups in total. The van der Waals surface area contributed by atoms with E-state index in [0.717, 1.165) is 0 Å². The van der Waals surface area contributed by atoms with Gasteiger partial charge in [-0.1, -0.05) is 0 Å². The van der Waals surface area contributed by atoms with Crippen molar-refractivity contribution in [3.63, 3.8) is 0 Å². The highest BCUT2D eigenvalue weighted by molar-refractivity contribution is 7.07. The number of halogens is 3. The standard InChI is InChI=1S/C11H14F3NO3S/c1-7(18-6-11(12,13)14)10(17)15-4-9(16)8-2-3-19-5-8/h2-3,5,7,9,16H,4,6H2,1H3,(H,15,17). The summed E-state index contributed by atoms with van der Waals surface area (Å²) in [4.78, 5) is 11.4. The smallest absolute Gasteiger partial charge is 0.387 e. The zero-order chi connectivity index (χ0) is 14.5. The second-order valence-electron chi connectivity index (χ2n) is 3.89. The monoisotopic (exact) mass is 297 g/mol. The number of thiophene rings is 1. The Bertz CT molecular complexity index is 394. The number of alkyl halides is 3. The summed E-state index contributed by atoms with van der Waals surface area (Å²) in [6.45, 7) is -0.331. The molecular weight excluding hydrogens is 283 g/mol. The van der Waals surface area contributed by atoms with Gasteiger partial charge in [0.1, 0.15) is 12.7 Å². The van der Waals surface area contributed by atoms with Crippen molar-refractivity contribution < 1.29 is 27.8 Å². The summed E-state index contributed by atoms with van der Waals surface area (Å²) >= 11 is 1.40. The second-order valence-corrected chi connectivity index (χ2v) is 4.67. The van der Waals surface area contributed by atoms with Gasteiger partial charge in [0.15, 0.2) is 0 Å². The molecule has 0 aromatic carbocycles.